The largest absolute Gasteiger partial charge is 0.491 e. The van der Waals surface area contributed by atoms with E-state index < -0.39 is 23.7 Å². The minimum absolute atomic E-state index is 0.0811. The van der Waals surface area contributed by atoms with Crippen molar-refractivity contribution < 1.29 is 28.9 Å². The van der Waals surface area contributed by atoms with Crippen LogP contribution in [0.25, 0.3) is 0 Å². The number of hydrogen-bond donors (Lipinski definition) is 2. The van der Waals surface area contributed by atoms with Crippen LogP contribution in [-0.2, 0) is 20.7 Å². The molecule has 0 heterocycles. The molecule has 0 saturated carbocycles. The maximum Gasteiger partial charge on any atom is 0.408 e. The average molecular weight is 339 g/mol. The van der Waals surface area contributed by atoms with Gasteiger partial charge >= 0.3 is 12.1 Å². The summed E-state index contributed by atoms with van der Waals surface area (Å²) in [6, 6.07) is 5.96. The van der Waals surface area contributed by atoms with E-state index in [-0.39, 0.29) is 6.42 Å². The van der Waals surface area contributed by atoms with Gasteiger partial charge in [-0.25, -0.2) is 9.59 Å². The molecule has 1 atom stereocenters. The molecule has 0 fully saturated rings. The summed E-state index contributed by atoms with van der Waals surface area (Å²) in [4.78, 5) is 23.3. The lowest BCUT2D eigenvalue weighted by molar-refractivity contribution is -0.139. The monoisotopic (exact) mass is 339 g/mol. The van der Waals surface area contributed by atoms with Crippen LogP contribution >= 0.6 is 0 Å². The third-order valence-electron chi connectivity index (χ3n) is 2.93. The van der Waals surface area contributed by atoms with Gasteiger partial charge < -0.3 is 24.6 Å². The average Bonchev–Trinajstić information content (AvgIpc) is 2.46. The molecule has 1 aromatic carbocycles. The molecule has 134 valence electrons. The third-order valence-corrected chi connectivity index (χ3v) is 2.93. The second kappa shape index (κ2) is 9.12. The van der Waals surface area contributed by atoms with Gasteiger partial charge in [0.05, 0.1) is 6.61 Å². The number of alkyl carbamates (subject to hydrolysis) is 1. The number of rotatable bonds is 8. The van der Waals surface area contributed by atoms with Crippen LogP contribution in [0.5, 0.6) is 5.75 Å². The van der Waals surface area contributed by atoms with Gasteiger partial charge in [-0.15, -0.1) is 0 Å². The van der Waals surface area contributed by atoms with Gasteiger partial charge in [0.25, 0.3) is 0 Å². The minimum atomic E-state index is -1.15. The Hall–Kier alpha value is -2.28. The van der Waals surface area contributed by atoms with Crippen molar-refractivity contribution in [1.82, 2.24) is 5.32 Å². The van der Waals surface area contributed by atoms with Crippen molar-refractivity contribution >= 4 is 12.1 Å². The maximum absolute atomic E-state index is 11.8. The van der Waals surface area contributed by atoms with Crippen LogP contribution in [0.1, 0.15) is 26.3 Å². The molecule has 7 nitrogen and oxygen atoms in total. The molecule has 0 bridgehead atoms. The van der Waals surface area contributed by atoms with E-state index in [2.05, 4.69) is 5.32 Å². The highest BCUT2D eigenvalue weighted by molar-refractivity contribution is 5.80. The highest BCUT2D eigenvalue weighted by atomic mass is 16.6. The molecule has 0 spiro atoms. The van der Waals surface area contributed by atoms with Gasteiger partial charge in [0.2, 0.25) is 0 Å². The van der Waals surface area contributed by atoms with Crippen LogP contribution in [0, 0.1) is 0 Å². The molecule has 1 unspecified atom stereocenters. The van der Waals surface area contributed by atoms with E-state index in [1.807, 2.05) is 0 Å². The number of aliphatic carboxylic acids is 1. The van der Waals surface area contributed by atoms with Gasteiger partial charge in [-0.3, -0.25) is 0 Å². The van der Waals surface area contributed by atoms with Crippen LogP contribution in [0.2, 0.25) is 0 Å². The number of ether oxygens (including phenoxy) is 3. The Morgan fingerprint density at radius 2 is 1.88 bits per heavy atom. The lowest BCUT2D eigenvalue weighted by Gasteiger charge is -2.22. The predicted molar refractivity (Wildman–Crippen MR) is 88.3 cm³/mol. The normalized spacial score (nSPS) is 12.3. The Balaban J connectivity index is 2.78. The highest BCUT2D eigenvalue weighted by Gasteiger charge is 2.25. The fourth-order valence-corrected chi connectivity index (χ4v) is 1.92. The quantitative estimate of drug-likeness (QED) is 0.705. The van der Waals surface area contributed by atoms with Crippen molar-refractivity contribution in [3.63, 3.8) is 0 Å². The summed E-state index contributed by atoms with van der Waals surface area (Å²) >= 11 is 0. The zero-order valence-electron chi connectivity index (χ0n) is 14.5. The number of carbonyl (C=O) groups is 2. The molecule has 1 amide bonds. The number of methoxy groups -OCH3 is 1. The van der Waals surface area contributed by atoms with Crippen molar-refractivity contribution in [3.05, 3.63) is 29.8 Å². The van der Waals surface area contributed by atoms with Gasteiger partial charge in [-0.2, -0.15) is 0 Å². The number of carboxylic acids is 1. The molecule has 24 heavy (non-hydrogen) atoms. The van der Waals surface area contributed by atoms with Crippen LogP contribution in [0.3, 0.4) is 0 Å². The van der Waals surface area contributed by atoms with Gasteiger partial charge in [0.1, 0.15) is 24.0 Å². The maximum atomic E-state index is 11.8. The Morgan fingerprint density at radius 1 is 1.21 bits per heavy atom. The van der Waals surface area contributed by atoms with E-state index in [9.17, 15) is 14.7 Å². The summed E-state index contributed by atoms with van der Waals surface area (Å²) in [7, 11) is 1.57. The van der Waals surface area contributed by atoms with E-state index in [1.54, 1.807) is 52.1 Å². The number of benzene rings is 1. The first-order chi connectivity index (χ1) is 11.2. The van der Waals surface area contributed by atoms with Gasteiger partial charge in [-0.05, 0) is 32.4 Å². The molecule has 1 rings (SSSR count). The van der Waals surface area contributed by atoms with Crippen LogP contribution in [0.15, 0.2) is 24.3 Å². The molecule has 1 aromatic rings. The number of carboxylic acid groups (broad SMARTS) is 1. The highest BCUT2D eigenvalue weighted by Crippen LogP contribution is 2.20. The summed E-state index contributed by atoms with van der Waals surface area (Å²) < 4.78 is 15.6. The molecule has 7 heteroatoms. The van der Waals surface area contributed by atoms with Crippen molar-refractivity contribution in [2.24, 2.45) is 0 Å². The Kier molecular flexibility index (Phi) is 7.51. The fraction of sp³-hybridized carbons (Fsp3) is 0.529. The van der Waals surface area contributed by atoms with E-state index in [0.29, 0.717) is 24.5 Å². The number of carbonyl (C=O) groups excluding carboxylic acids is 1. The topological polar surface area (TPSA) is 94.1 Å². The molecule has 0 aliphatic rings. The summed E-state index contributed by atoms with van der Waals surface area (Å²) in [6.45, 7) is 5.90. The van der Waals surface area contributed by atoms with Gasteiger partial charge in [0.15, 0.2) is 0 Å². The molecule has 0 radical (unpaired) electrons. The Morgan fingerprint density at radius 3 is 2.46 bits per heavy atom. The van der Waals surface area contributed by atoms with E-state index in [4.69, 9.17) is 14.2 Å². The molecule has 0 aliphatic carbocycles. The van der Waals surface area contributed by atoms with Gasteiger partial charge in [0, 0.05) is 13.5 Å². The smallest absolute Gasteiger partial charge is 0.408 e. The second-order valence-electron chi connectivity index (χ2n) is 6.19. The van der Waals surface area contributed by atoms with Crippen LogP contribution in [0.4, 0.5) is 4.79 Å². The molecule has 2 N–H and O–H groups in total. The van der Waals surface area contributed by atoms with Crippen molar-refractivity contribution in [3.8, 4) is 5.75 Å². The number of amides is 1. The summed E-state index contributed by atoms with van der Waals surface area (Å²) in [6.07, 6.45) is -0.690. The summed E-state index contributed by atoms with van der Waals surface area (Å²) in [5.41, 5.74) is -0.0223. The van der Waals surface area contributed by atoms with E-state index in [0.717, 1.165) is 0 Å². The first-order valence-corrected chi connectivity index (χ1v) is 7.65. The number of hydrogen-bond acceptors (Lipinski definition) is 5. The summed E-state index contributed by atoms with van der Waals surface area (Å²) in [5, 5.41) is 11.7. The molecular weight excluding hydrogens is 314 g/mol. The first-order valence-electron chi connectivity index (χ1n) is 7.65. The Labute approximate surface area is 141 Å². The molecular formula is C17H25NO6. The predicted octanol–water partition coefficient (Wildman–Crippen LogP) is 2.23. The molecule has 0 aliphatic heterocycles. The van der Waals surface area contributed by atoms with E-state index >= 15 is 0 Å². The standard InChI is InChI=1S/C17H25NO6/c1-17(2,3)24-16(21)18-13(15(19)20)11-12-7-5-6-8-14(12)23-10-9-22-4/h5-8,13H,9-11H2,1-4H3,(H,18,21)(H,19,20). The summed E-state index contributed by atoms with van der Waals surface area (Å²) in [5.74, 6) is -0.584. The van der Waals surface area contributed by atoms with Crippen molar-refractivity contribution in [1.29, 1.82) is 0 Å². The van der Waals surface area contributed by atoms with Crippen LogP contribution in [-0.4, -0.2) is 49.1 Å². The second-order valence-corrected chi connectivity index (χ2v) is 6.19. The SMILES string of the molecule is COCCOc1ccccc1CC(NC(=O)OC(C)(C)C)C(=O)O. The third kappa shape index (κ3) is 7.32. The molecule has 0 saturated heterocycles. The molecule has 0 aromatic heterocycles. The van der Waals surface area contributed by atoms with Gasteiger partial charge in [-0.1, -0.05) is 18.2 Å². The lowest BCUT2D eigenvalue weighted by Crippen LogP contribution is -2.44. The fourth-order valence-electron chi connectivity index (χ4n) is 1.92. The zero-order chi connectivity index (χ0) is 18.2. The van der Waals surface area contributed by atoms with Crippen LogP contribution < -0.4 is 10.1 Å². The van der Waals surface area contributed by atoms with Crippen molar-refractivity contribution in [2.45, 2.75) is 38.8 Å². The van der Waals surface area contributed by atoms with E-state index in [1.165, 1.54) is 0 Å². The zero-order valence-corrected chi connectivity index (χ0v) is 14.5. The van der Waals surface area contributed by atoms with Crippen molar-refractivity contribution in [2.75, 3.05) is 20.3 Å². The number of nitrogens with one attached hydrogen (secondary N) is 1. The number of para-hydroxylation sites is 1. The lowest BCUT2D eigenvalue weighted by atomic mass is 10.1. The first kappa shape index (κ1) is 19.8. The Bertz CT molecular complexity index is 552. The minimum Gasteiger partial charge on any atom is -0.491 e.